The Morgan fingerprint density at radius 3 is 2.85 bits per heavy atom. The van der Waals surface area contributed by atoms with Gasteiger partial charge in [-0.3, -0.25) is 5.32 Å². The summed E-state index contributed by atoms with van der Waals surface area (Å²) in [5.74, 6) is -0.723. The maximum absolute atomic E-state index is 12.3. The molecule has 1 atom stereocenters. The van der Waals surface area contributed by atoms with Gasteiger partial charge in [-0.1, -0.05) is 0 Å². The molecule has 1 saturated carbocycles. The van der Waals surface area contributed by atoms with Gasteiger partial charge < -0.3 is 9.30 Å². The van der Waals surface area contributed by atoms with Crippen molar-refractivity contribution >= 4 is 5.97 Å². The van der Waals surface area contributed by atoms with Crippen LogP contribution in [0.5, 0.6) is 0 Å². The number of esters is 1. The molecule has 1 aliphatic carbocycles. The highest BCUT2D eigenvalue weighted by Crippen LogP contribution is 2.37. The summed E-state index contributed by atoms with van der Waals surface area (Å²) < 4.78 is 43.6. The lowest BCUT2D eigenvalue weighted by atomic mass is 10.2. The van der Waals surface area contributed by atoms with Crippen molar-refractivity contribution in [3.63, 3.8) is 0 Å². The van der Waals surface area contributed by atoms with Crippen LogP contribution in [-0.4, -0.2) is 34.8 Å². The molecule has 5 nitrogen and oxygen atoms in total. The van der Waals surface area contributed by atoms with Crippen LogP contribution >= 0.6 is 0 Å². The molecule has 0 saturated heterocycles. The molecule has 112 valence electrons. The van der Waals surface area contributed by atoms with Gasteiger partial charge in [0.05, 0.1) is 31.4 Å². The molecule has 1 aliphatic rings. The zero-order valence-corrected chi connectivity index (χ0v) is 11.0. The number of halogens is 3. The number of hydrogen-bond acceptors (Lipinski definition) is 4. The summed E-state index contributed by atoms with van der Waals surface area (Å²) in [6.07, 6.45) is 0.434. The van der Waals surface area contributed by atoms with Crippen molar-refractivity contribution in [3.8, 4) is 0 Å². The first-order chi connectivity index (χ1) is 9.42. The van der Waals surface area contributed by atoms with Gasteiger partial charge in [0.1, 0.15) is 6.04 Å². The topological polar surface area (TPSA) is 56.1 Å². The molecule has 0 aromatic carbocycles. The number of alkyl halides is 3. The molecular formula is C12H16F3N3O2. The van der Waals surface area contributed by atoms with Crippen molar-refractivity contribution in [2.45, 2.75) is 38.0 Å². The van der Waals surface area contributed by atoms with Gasteiger partial charge >= 0.3 is 12.1 Å². The molecule has 20 heavy (non-hydrogen) atoms. The predicted octanol–water partition coefficient (Wildman–Crippen LogP) is 1.97. The zero-order valence-electron chi connectivity index (χ0n) is 11.0. The molecule has 0 radical (unpaired) electrons. The van der Waals surface area contributed by atoms with Crippen molar-refractivity contribution in [2.75, 3.05) is 13.2 Å². The molecule has 1 heterocycles. The summed E-state index contributed by atoms with van der Waals surface area (Å²) in [6.45, 7) is 0.462. The Morgan fingerprint density at radius 2 is 2.30 bits per heavy atom. The largest absolute Gasteiger partial charge is 0.465 e. The molecule has 1 fully saturated rings. The van der Waals surface area contributed by atoms with Gasteiger partial charge in [0.25, 0.3) is 0 Å². The van der Waals surface area contributed by atoms with Crippen LogP contribution in [0.25, 0.3) is 0 Å². The third-order valence-electron chi connectivity index (χ3n) is 2.96. The van der Waals surface area contributed by atoms with E-state index in [-0.39, 0.29) is 12.6 Å². The van der Waals surface area contributed by atoms with Crippen LogP contribution in [0, 0.1) is 0 Å². The molecule has 0 bridgehead atoms. The number of aromatic nitrogens is 2. The Labute approximate surface area is 114 Å². The maximum atomic E-state index is 12.3. The van der Waals surface area contributed by atoms with Gasteiger partial charge in [0, 0.05) is 6.04 Å². The summed E-state index contributed by atoms with van der Waals surface area (Å²) in [7, 11) is 0. The van der Waals surface area contributed by atoms with E-state index in [1.165, 1.54) is 12.5 Å². The van der Waals surface area contributed by atoms with E-state index < -0.39 is 24.7 Å². The van der Waals surface area contributed by atoms with Crippen molar-refractivity contribution in [1.29, 1.82) is 0 Å². The molecule has 1 aromatic rings. The summed E-state index contributed by atoms with van der Waals surface area (Å²) in [5, 5.41) is 2.21. The van der Waals surface area contributed by atoms with E-state index in [9.17, 15) is 18.0 Å². The van der Waals surface area contributed by atoms with Crippen LogP contribution < -0.4 is 5.32 Å². The number of nitrogens with zero attached hydrogens (tertiary/aromatic N) is 2. The minimum atomic E-state index is -4.39. The third-order valence-corrected chi connectivity index (χ3v) is 2.96. The standard InChI is InChI=1S/C12H16F3N3O2/c1-2-20-11(19)10(17-6-12(13,14)15)9-5-16-7-18(9)8-3-4-8/h5,7-8,10,17H,2-4,6H2,1H3. The minimum Gasteiger partial charge on any atom is -0.465 e. The van der Waals surface area contributed by atoms with Gasteiger partial charge in [-0.05, 0) is 19.8 Å². The molecule has 8 heteroatoms. The summed E-state index contributed by atoms with van der Waals surface area (Å²) in [4.78, 5) is 15.8. The van der Waals surface area contributed by atoms with Gasteiger partial charge in [-0.2, -0.15) is 13.2 Å². The fourth-order valence-electron chi connectivity index (χ4n) is 1.95. The van der Waals surface area contributed by atoms with Crippen molar-refractivity contribution in [3.05, 3.63) is 18.2 Å². The highest BCUT2D eigenvalue weighted by atomic mass is 19.4. The van der Waals surface area contributed by atoms with E-state index in [0.717, 1.165) is 12.8 Å². The molecular weight excluding hydrogens is 275 g/mol. The highest BCUT2D eigenvalue weighted by molar-refractivity contribution is 5.77. The number of imidazole rings is 1. The van der Waals surface area contributed by atoms with Crippen LogP contribution in [-0.2, 0) is 9.53 Å². The second kappa shape index (κ2) is 5.82. The lowest BCUT2D eigenvalue weighted by Gasteiger charge is -2.19. The quantitative estimate of drug-likeness (QED) is 0.814. The molecule has 0 aliphatic heterocycles. The van der Waals surface area contributed by atoms with E-state index >= 15 is 0 Å². The number of rotatable bonds is 6. The fourth-order valence-corrected chi connectivity index (χ4v) is 1.95. The Bertz CT molecular complexity index is 469. The van der Waals surface area contributed by atoms with E-state index in [0.29, 0.717) is 5.69 Å². The smallest absolute Gasteiger partial charge is 0.401 e. The van der Waals surface area contributed by atoms with Gasteiger partial charge in [0.2, 0.25) is 0 Å². The maximum Gasteiger partial charge on any atom is 0.401 e. The summed E-state index contributed by atoms with van der Waals surface area (Å²) >= 11 is 0. The summed E-state index contributed by atoms with van der Waals surface area (Å²) in [6, 6.07) is -0.934. The number of carbonyl (C=O) groups is 1. The van der Waals surface area contributed by atoms with E-state index in [1.807, 2.05) is 0 Å². The normalized spacial score (nSPS) is 17.0. The first-order valence-electron chi connectivity index (χ1n) is 6.41. The summed E-state index contributed by atoms with van der Waals surface area (Å²) in [5.41, 5.74) is 0.412. The van der Waals surface area contributed by atoms with E-state index in [1.54, 1.807) is 11.5 Å². The number of hydrogen-bond donors (Lipinski definition) is 1. The van der Waals surface area contributed by atoms with Crippen LogP contribution in [0.1, 0.15) is 37.5 Å². The van der Waals surface area contributed by atoms with Crippen LogP contribution in [0.3, 0.4) is 0 Å². The number of ether oxygens (including phenoxy) is 1. The van der Waals surface area contributed by atoms with Crippen LogP contribution in [0.15, 0.2) is 12.5 Å². The second-order valence-electron chi connectivity index (χ2n) is 4.64. The minimum absolute atomic E-state index is 0.112. The van der Waals surface area contributed by atoms with Crippen LogP contribution in [0.4, 0.5) is 13.2 Å². The van der Waals surface area contributed by atoms with Crippen molar-refractivity contribution < 1.29 is 22.7 Å². The molecule has 1 N–H and O–H groups in total. The van der Waals surface area contributed by atoms with Gasteiger partial charge in [-0.15, -0.1) is 0 Å². The van der Waals surface area contributed by atoms with Gasteiger partial charge in [0.15, 0.2) is 0 Å². The monoisotopic (exact) mass is 291 g/mol. The lowest BCUT2D eigenvalue weighted by Crippen LogP contribution is -2.37. The van der Waals surface area contributed by atoms with Crippen molar-refractivity contribution in [2.24, 2.45) is 0 Å². The fraction of sp³-hybridized carbons (Fsp3) is 0.667. The SMILES string of the molecule is CCOC(=O)C(NCC(F)(F)F)c1cncn1C1CC1. The average Bonchev–Trinajstić information content (AvgIpc) is 3.08. The number of nitrogens with one attached hydrogen (secondary N) is 1. The predicted molar refractivity (Wildman–Crippen MR) is 63.9 cm³/mol. The molecule has 0 spiro atoms. The van der Waals surface area contributed by atoms with Crippen molar-refractivity contribution in [1.82, 2.24) is 14.9 Å². The Morgan fingerprint density at radius 1 is 1.60 bits per heavy atom. The lowest BCUT2D eigenvalue weighted by molar-refractivity contribution is -0.149. The first kappa shape index (κ1) is 14.8. The van der Waals surface area contributed by atoms with Gasteiger partial charge in [-0.25, -0.2) is 9.78 Å². The molecule has 1 unspecified atom stereocenters. The molecule has 2 rings (SSSR count). The molecule has 0 amide bonds. The highest BCUT2D eigenvalue weighted by Gasteiger charge is 2.35. The zero-order chi connectivity index (χ0) is 14.8. The first-order valence-corrected chi connectivity index (χ1v) is 6.41. The van der Waals surface area contributed by atoms with E-state index in [2.05, 4.69) is 10.3 Å². The third kappa shape index (κ3) is 3.72. The number of carbonyl (C=O) groups excluding carboxylic acids is 1. The average molecular weight is 291 g/mol. The van der Waals surface area contributed by atoms with E-state index in [4.69, 9.17) is 4.74 Å². The Kier molecular flexibility index (Phi) is 4.32. The molecule has 1 aromatic heterocycles. The Hall–Kier alpha value is -1.57. The van der Waals surface area contributed by atoms with Crippen LogP contribution in [0.2, 0.25) is 0 Å². The second-order valence-corrected chi connectivity index (χ2v) is 4.64. The Balaban J connectivity index is 2.16.